The van der Waals surface area contributed by atoms with Gasteiger partial charge in [-0.15, -0.1) is 54.1 Å². The normalized spacial score (nSPS) is 12.9. The molecule has 6 rings (SSSR count). The molecule has 5 heteroatoms. The molecule has 0 aliphatic heterocycles. The molecule has 2 aromatic carbocycles. The van der Waals surface area contributed by atoms with Crippen LogP contribution in [0.1, 0.15) is 36.5 Å². The van der Waals surface area contributed by atoms with E-state index in [0.29, 0.717) is 16.8 Å². The number of fused-ring (bicyclic) bond motifs is 3. The topological polar surface area (TPSA) is 51.8 Å². The van der Waals surface area contributed by atoms with E-state index < -0.39 is 12.7 Å². The van der Waals surface area contributed by atoms with Crippen molar-refractivity contribution in [2.75, 3.05) is 0 Å². The van der Waals surface area contributed by atoms with Crippen molar-refractivity contribution in [3.63, 3.8) is 0 Å². The molecule has 1 radical (unpaired) electrons. The number of rotatable bonds is 3. The fraction of sp³-hybridized carbons (Fsp3) is 0.129. The molecule has 36 heavy (non-hydrogen) atoms. The van der Waals surface area contributed by atoms with Gasteiger partial charge in [0.1, 0.15) is 0 Å². The van der Waals surface area contributed by atoms with Crippen molar-refractivity contribution in [3.05, 3.63) is 115 Å². The summed E-state index contributed by atoms with van der Waals surface area (Å²) in [5.41, 5.74) is 4.97. The van der Waals surface area contributed by atoms with Crippen molar-refractivity contribution >= 4 is 22.1 Å². The molecule has 181 valence electrons. The van der Waals surface area contributed by atoms with E-state index in [4.69, 9.17) is 9.90 Å². The number of nitrogens with zero attached hydrogens (tertiary/aromatic N) is 3. The van der Waals surface area contributed by atoms with Crippen molar-refractivity contribution in [3.8, 4) is 22.5 Å². The summed E-state index contributed by atoms with van der Waals surface area (Å²) < 4.78 is 36.8. The van der Waals surface area contributed by atoms with E-state index in [0.717, 1.165) is 27.6 Å². The van der Waals surface area contributed by atoms with Crippen LogP contribution in [-0.2, 0) is 20.1 Å². The average molecular weight is 652 g/mol. The fourth-order valence-corrected chi connectivity index (χ4v) is 3.77. The molecule has 4 nitrogen and oxygen atoms in total. The third-order valence-corrected chi connectivity index (χ3v) is 5.54. The van der Waals surface area contributed by atoms with Gasteiger partial charge in [-0.25, -0.2) is 4.98 Å². The van der Waals surface area contributed by atoms with E-state index >= 15 is 0 Å². The zero-order chi connectivity index (χ0) is 27.6. The first-order valence-corrected chi connectivity index (χ1v) is 11.2. The Morgan fingerprint density at radius 1 is 0.861 bits per heavy atom. The first-order chi connectivity index (χ1) is 18.6. The van der Waals surface area contributed by atoms with Crippen LogP contribution in [0.15, 0.2) is 95.7 Å². The number of hydrogen-bond acceptors (Lipinski definition) is 4. The molecule has 0 atom stereocenters. The third kappa shape index (κ3) is 5.43. The number of furan rings is 1. The van der Waals surface area contributed by atoms with Crippen molar-refractivity contribution < 1.29 is 30.0 Å². The minimum Gasteiger partial charge on any atom is -0.486 e. The summed E-state index contributed by atoms with van der Waals surface area (Å²) in [5.74, 6) is -0.754. The van der Waals surface area contributed by atoms with E-state index in [1.54, 1.807) is 24.5 Å². The zero-order valence-electron chi connectivity index (χ0n) is 23.7. The van der Waals surface area contributed by atoms with Gasteiger partial charge in [0.15, 0.2) is 0 Å². The van der Waals surface area contributed by atoms with Crippen LogP contribution in [0.2, 0.25) is 0 Å². The summed E-state index contributed by atoms with van der Waals surface area (Å²) in [6.45, 7) is 1.34. The molecule has 0 fully saturated rings. The van der Waals surface area contributed by atoms with Crippen LogP contribution in [-0.4, -0.2) is 15.0 Å². The molecule has 0 unspecified atom stereocenters. The molecule has 4 heterocycles. The van der Waals surface area contributed by atoms with E-state index in [-0.39, 0.29) is 31.5 Å². The van der Waals surface area contributed by atoms with Crippen LogP contribution in [0.4, 0.5) is 0 Å². The molecule has 4 aromatic heterocycles. The Labute approximate surface area is 230 Å². The predicted molar refractivity (Wildman–Crippen MR) is 141 cm³/mol. The van der Waals surface area contributed by atoms with Crippen LogP contribution in [0.25, 0.3) is 44.6 Å². The zero-order valence-corrected chi connectivity index (χ0v) is 22.1. The molecule has 0 spiro atoms. The molecule has 0 bridgehead atoms. The van der Waals surface area contributed by atoms with Gasteiger partial charge >= 0.3 is 0 Å². The maximum absolute atomic E-state index is 8.24. The van der Waals surface area contributed by atoms with Gasteiger partial charge in [-0.1, -0.05) is 48.6 Å². The number of benzene rings is 2. The molecular formula is C31H25IrN3O-2. The fourth-order valence-electron chi connectivity index (χ4n) is 3.77. The van der Waals surface area contributed by atoms with Gasteiger partial charge in [0, 0.05) is 49.1 Å². The Balaban J connectivity index is 0.000000238. The van der Waals surface area contributed by atoms with Crippen LogP contribution >= 0.6 is 0 Å². The standard InChI is InChI=1S/C20H17N2O.C11H8N.Ir/c1-12(2)14-9-10-21-18(11-14)17-6-4-5-15-16-8-7-13(3)22-20(16)23-19(15)17;1-2-6-10(7-3-1)11-8-4-5-9-12-11;/h4-5,7-12H,1-3H3;1-6,8-9H;/q2*-1;/i3D3,12D;;. The number of pyridine rings is 3. The van der Waals surface area contributed by atoms with Gasteiger partial charge in [0.05, 0.1) is 5.58 Å². The quantitative estimate of drug-likeness (QED) is 0.183. The summed E-state index contributed by atoms with van der Waals surface area (Å²) in [4.78, 5) is 12.8. The Hall–Kier alpha value is -3.66. The first-order valence-electron chi connectivity index (χ1n) is 13.2. The Morgan fingerprint density at radius 2 is 1.72 bits per heavy atom. The molecular weight excluding hydrogens is 623 g/mol. The second-order valence-electron chi connectivity index (χ2n) is 8.17. The molecule has 0 amide bonds. The van der Waals surface area contributed by atoms with Crippen molar-refractivity contribution in [2.45, 2.75) is 26.6 Å². The first kappa shape index (κ1) is 20.5. The van der Waals surface area contributed by atoms with Crippen molar-refractivity contribution in [1.82, 2.24) is 15.0 Å². The summed E-state index contributed by atoms with van der Waals surface area (Å²) in [6.07, 6.45) is 3.46. The van der Waals surface area contributed by atoms with E-state index in [1.807, 2.05) is 74.5 Å². The number of hydrogen-bond donors (Lipinski definition) is 0. The Kier molecular flexibility index (Phi) is 6.49. The molecule has 6 aromatic rings. The maximum Gasteiger partial charge on any atom is 0.216 e. The van der Waals surface area contributed by atoms with Gasteiger partial charge in [-0.05, 0) is 48.4 Å². The predicted octanol–water partition coefficient (Wildman–Crippen LogP) is 7.82. The van der Waals surface area contributed by atoms with Crippen molar-refractivity contribution in [2.24, 2.45) is 0 Å². The number of aromatic nitrogens is 3. The Bertz CT molecular complexity index is 1690. The van der Waals surface area contributed by atoms with Gasteiger partial charge in [0.2, 0.25) is 5.71 Å². The molecule has 0 aliphatic carbocycles. The van der Waals surface area contributed by atoms with E-state index in [2.05, 4.69) is 27.1 Å². The SMILES string of the molecule is [2H]C([2H])([2H])c1ccc2c(n1)oc1c(-c3cc(C([2H])(C)C)ccn3)[c-]ccc12.[Ir].[c-]1ccccc1-c1ccccn1. The second kappa shape index (κ2) is 11.4. The maximum atomic E-state index is 8.24. The summed E-state index contributed by atoms with van der Waals surface area (Å²) in [6, 6.07) is 30.5. The Morgan fingerprint density at radius 3 is 2.47 bits per heavy atom. The van der Waals surface area contributed by atoms with Crippen LogP contribution in [0, 0.1) is 19.0 Å². The minimum absolute atomic E-state index is 0. The molecule has 0 N–H and O–H groups in total. The smallest absolute Gasteiger partial charge is 0.216 e. The molecule has 0 saturated heterocycles. The van der Waals surface area contributed by atoms with Gasteiger partial charge < -0.3 is 14.4 Å². The monoisotopic (exact) mass is 652 g/mol. The number of aryl methyl sites for hydroxylation is 1. The summed E-state index contributed by atoms with van der Waals surface area (Å²) >= 11 is 0. The molecule has 0 saturated carbocycles. The van der Waals surface area contributed by atoms with Crippen LogP contribution in [0.3, 0.4) is 0 Å². The largest absolute Gasteiger partial charge is 0.486 e. The van der Waals surface area contributed by atoms with Gasteiger partial charge in [-0.3, -0.25) is 0 Å². The van der Waals surface area contributed by atoms with Crippen molar-refractivity contribution in [1.29, 1.82) is 0 Å². The van der Waals surface area contributed by atoms with Gasteiger partial charge in [-0.2, -0.15) is 0 Å². The third-order valence-electron chi connectivity index (χ3n) is 5.54. The van der Waals surface area contributed by atoms with Crippen LogP contribution in [0.5, 0.6) is 0 Å². The van der Waals surface area contributed by atoms with Crippen LogP contribution < -0.4 is 0 Å². The van der Waals surface area contributed by atoms with E-state index in [9.17, 15) is 0 Å². The minimum atomic E-state index is -2.29. The van der Waals surface area contributed by atoms with Gasteiger partial charge in [0.25, 0.3) is 0 Å². The van der Waals surface area contributed by atoms with E-state index in [1.165, 1.54) is 6.07 Å². The average Bonchev–Trinajstić information content (AvgIpc) is 3.32. The molecule has 0 aliphatic rings. The summed E-state index contributed by atoms with van der Waals surface area (Å²) in [5, 5.41) is 1.56. The summed E-state index contributed by atoms with van der Waals surface area (Å²) in [7, 11) is 0. The second-order valence-corrected chi connectivity index (χ2v) is 8.17.